The monoisotopic (exact) mass is 220 g/mol. The smallest absolute Gasteiger partial charge is 0.320 e. The third kappa shape index (κ3) is 8.69. The molecule has 80 valence electrons. The fraction of sp³-hybridized carbons (Fsp3) is 0.400. The lowest BCUT2D eigenvalue weighted by atomic mass is 10.9. The molecule has 0 aliphatic heterocycles. The normalized spacial score (nSPS) is 10.2. The summed E-state index contributed by atoms with van der Waals surface area (Å²) >= 11 is 0. The van der Waals surface area contributed by atoms with Crippen molar-refractivity contribution in [3.8, 4) is 0 Å². The van der Waals surface area contributed by atoms with Crippen molar-refractivity contribution in [1.29, 1.82) is 0 Å². The Morgan fingerprint density at radius 2 is 1.50 bits per heavy atom. The SMILES string of the molecule is CP(C)(=O)[O-].Nc1nc(N)[nH+]c(N)n1. The van der Waals surface area contributed by atoms with E-state index in [0.29, 0.717) is 0 Å². The van der Waals surface area contributed by atoms with Crippen LogP contribution in [0.15, 0.2) is 0 Å². The molecule has 0 aliphatic carbocycles. The molecule has 1 aromatic rings. The van der Waals surface area contributed by atoms with E-state index in [2.05, 4.69) is 15.0 Å². The molecule has 0 atom stereocenters. The second-order valence-electron chi connectivity index (χ2n) is 2.73. The van der Waals surface area contributed by atoms with Crippen LogP contribution in [0.25, 0.3) is 0 Å². The van der Waals surface area contributed by atoms with E-state index < -0.39 is 7.37 Å². The molecule has 0 radical (unpaired) electrons. The third-order valence-electron chi connectivity index (χ3n) is 0.726. The highest BCUT2D eigenvalue weighted by atomic mass is 31.2. The molecule has 0 saturated carbocycles. The van der Waals surface area contributed by atoms with Gasteiger partial charge in [0.1, 0.15) is 0 Å². The average molecular weight is 220 g/mol. The number of aromatic nitrogens is 3. The van der Waals surface area contributed by atoms with E-state index in [4.69, 9.17) is 17.2 Å². The molecule has 8 nitrogen and oxygen atoms in total. The van der Waals surface area contributed by atoms with Gasteiger partial charge in [-0.1, -0.05) is 9.97 Å². The molecule has 0 unspecified atom stereocenters. The summed E-state index contributed by atoms with van der Waals surface area (Å²) in [7, 11) is -2.89. The van der Waals surface area contributed by atoms with Crippen LogP contribution < -0.4 is 27.1 Å². The minimum Gasteiger partial charge on any atom is -0.800 e. The van der Waals surface area contributed by atoms with E-state index in [9.17, 15) is 9.46 Å². The van der Waals surface area contributed by atoms with E-state index in [1.807, 2.05) is 0 Å². The Morgan fingerprint density at radius 1 is 1.21 bits per heavy atom. The number of nitrogens with one attached hydrogen (secondary N) is 1. The van der Waals surface area contributed by atoms with Crippen molar-refractivity contribution in [2.24, 2.45) is 0 Å². The minimum absolute atomic E-state index is 0.0729. The Hall–Kier alpha value is -1.40. The average Bonchev–Trinajstić information content (AvgIpc) is 1.77. The molecule has 0 aromatic carbocycles. The molecule has 1 aromatic heterocycles. The Labute approximate surface area is 81.0 Å². The largest absolute Gasteiger partial charge is 0.800 e. The third-order valence-corrected chi connectivity index (χ3v) is 0.726. The summed E-state index contributed by atoms with van der Waals surface area (Å²) in [6.07, 6.45) is 0. The highest BCUT2D eigenvalue weighted by molar-refractivity contribution is 7.54. The topological polar surface area (TPSA) is 158 Å². The van der Waals surface area contributed by atoms with Crippen LogP contribution in [-0.4, -0.2) is 23.3 Å². The first-order valence-electron chi connectivity index (χ1n) is 3.52. The summed E-state index contributed by atoms with van der Waals surface area (Å²) in [5, 5.41) is 0. The van der Waals surface area contributed by atoms with Crippen LogP contribution in [0.2, 0.25) is 0 Å². The zero-order valence-corrected chi connectivity index (χ0v) is 8.78. The Morgan fingerprint density at radius 3 is 1.71 bits per heavy atom. The van der Waals surface area contributed by atoms with Gasteiger partial charge < -0.3 is 26.7 Å². The van der Waals surface area contributed by atoms with Crippen molar-refractivity contribution in [1.82, 2.24) is 9.97 Å². The van der Waals surface area contributed by atoms with Crippen molar-refractivity contribution in [3.63, 3.8) is 0 Å². The van der Waals surface area contributed by atoms with Crippen LogP contribution in [-0.2, 0) is 4.57 Å². The minimum atomic E-state index is -2.89. The van der Waals surface area contributed by atoms with Gasteiger partial charge in [0.2, 0.25) is 0 Å². The number of hydrogen-bond acceptors (Lipinski definition) is 7. The van der Waals surface area contributed by atoms with Crippen molar-refractivity contribution in [3.05, 3.63) is 0 Å². The zero-order valence-electron chi connectivity index (χ0n) is 7.89. The fourth-order valence-corrected chi connectivity index (χ4v) is 0.459. The lowest BCUT2D eigenvalue weighted by molar-refractivity contribution is -0.350. The molecule has 0 bridgehead atoms. The Balaban J connectivity index is 0.000000292. The highest BCUT2D eigenvalue weighted by Gasteiger charge is 2.01. The standard InChI is InChI=1S/C3H6N6.C2H7O2P/c4-1-7-2(5)9-3(6)8-1;1-5(2,3)4/h(H6,4,5,6,7,8,9);1-2H3,(H,3,4). The first kappa shape index (κ1) is 12.6. The second kappa shape index (κ2) is 4.73. The molecule has 1 heterocycles. The number of nitrogen functional groups attached to an aromatic ring is 3. The number of nitrogens with two attached hydrogens (primary N) is 3. The molecule has 0 amide bonds. The van der Waals surface area contributed by atoms with Crippen LogP contribution in [0.3, 0.4) is 0 Å². The van der Waals surface area contributed by atoms with Crippen molar-refractivity contribution >= 4 is 25.2 Å². The molecule has 0 saturated heterocycles. The van der Waals surface area contributed by atoms with Gasteiger partial charge >= 0.3 is 17.8 Å². The molecule has 14 heavy (non-hydrogen) atoms. The molecular weight excluding hydrogens is 207 g/mol. The number of rotatable bonds is 0. The quantitative estimate of drug-likeness (QED) is 0.423. The maximum absolute atomic E-state index is 9.66. The molecule has 7 N–H and O–H groups in total. The first-order chi connectivity index (χ1) is 6.18. The number of hydrogen-bond donors (Lipinski definition) is 3. The van der Waals surface area contributed by atoms with Gasteiger partial charge in [-0.15, -0.1) is 0 Å². The maximum Gasteiger partial charge on any atom is 0.320 e. The summed E-state index contributed by atoms with van der Waals surface area (Å²) < 4.78 is 9.66. The molecule has 0 spiro atoms. The summed E-state index contributed by atoms with van der Waals surface area (Å²) in [5.41, 5.74) is 15.5. The lowest BCUT2D eigenvalue weighted by Gasteiger charge is -2.06. The number of anilines is 3. The van der Waals surface area contributed by atoms with E-state index in [1.165, 1.54) is 13.3 Å². The molecule has 0 fully saturated rings. The van der Waals surface area contributed by atoms with Gasteiger partial charge in [0.25, 0.3) is 0 Å². The van der Waals surface area contributed by atoms with Gasteiger partial charge in [-0.05, 0) is 13.3 Å². The predicted octanol–water partition coefficient (Wildman–Crippen LogP) is -2.08. The van der Waals surface area contributed by atoms with Crippen LogP contribution >= 0.6 is 7.37 Å². The Kier molecular flexibility index (Phi) is 4.26. The van der Waals surface area contributed by atoms with Gasteiger partial charge in [0, 0.05) is 7.37 Å². The van der Waals surface area contributed by atoms with Crippen LogP contribution in [0.1, 0.15) is 0 Å². The molecular formula is C5H13N6O2P. The van der Waals surface area contributed by atoms with Crippen LogP contribution in [0.5, 0.6) is 0 Å². The zero-order chi connectivity index (χ0) is 11.4. The predicted molar refractivity (Wildman–Crippen MR) is 51.3 cm³/mol. The van der Waals surface area contributed by atoms with E-state index >= 15 is 0 Å². The number of H-pyrrole nitrogens is 1. The van der Waals surface area contributed by atoms with Gasteiger partial charge in [-0.2, -0.15) is 0 Å². The molecule has 0 aliphatic rings. The summed E-state index contributed by atoms with van der Waals surface area (Å²) in [6, 6.07) is 0. The van der Waals surface area contributed by atoms with Crippen molar-refractivity contribution in [2.75, 3.05) is 30.5 Å². The van der Waals surface area contributed by atoms with Crippen LogP contribution in [0, 0.1) is 0 Å². The van der Waals surface area contributed by atoms with E-state index in [-0.39, 0.29) is 17.8 Å². The van der Waals surface area contributed by atoms with E-state index in [1.54, 1.807) is 0 Å². The molecule has 1 rings (SSSR count). The summed E-state index contributed by atoms with van der Waals surface area (Å²) in [5.74, 6) is 0.406. The second-order valence-corrected chi connectivity index (χ2v) is 5.23. The Bertz CT molecular complexity index is 291. The van der Waals surface area contributed by atoms with Crippen molar-refractivity contribution < 1.29 is 14.4 Å². The fourth-order valence-electron chi connectivity index (χ4n) is 0.459. The van der Waals surface area contributed by atoms with Gasteiger partial charge in [-0.3, -0.25) is 0 Å². The van der Waals surface area contributed by atoms with Gasteiger partial charge in [-0.25, -0.2) is 4.98 Å². The lowest BCUT2D eigenvalue weighted by Crippen LogP contribution is -2.20. The van der Waals surface area contributed by atoms with Gasteiger partial charge in [0.05, 0.1) is 0 Å². The number of aromatic amines is 1. The van der Waals surface area contributed by atoms with Gasteiger partial charge in [0.15, 0.2) is 0 Å². The highest BCUT2D eigenvalue weighted by Crippen LogP contribution is 2.20. The summed E-state index contributed by atoms with van der Waals surface area (Å²) in [6.45, 7) is 2.38. The first-order valence-corrected chi connectivity index (χ1v) is 6.04. The van der Waals surface area contributed by atoms with Crippen LogP contribution in [0.4, 0.5) is 17.8 Å². The number of nitrogens with zero attached hydrogens (tertiary/aromatic N) is 2. The van der Waals surface area contributed by atoms with Crippen molar-refractivity contribution in [2.45, 2.75) is 0 Å². The van der Waals surface area contributed by atoms with E-state index in [0.717, 1.165) is 0 Å². The molecule has 9 heteroatoms. The maximum atomic E-state index is 9.66. The summed E-state index contributed by atoms with van der Waals surface area (Å²) in [4.78, 5) is 19.2.